The summed E-state index contributed by atoms with van der Waals surface area (Å²) in [7, 11) is 0. The van der Waals surface area contributed by atoms with Crippen molar-refractivity contribution in [2.75, 3.05) is 0 Å². The van der Waals surface area contributed by atoms with Gasteiger partial charge in [0, 0.05) is 6.42 Å². The molecular formula is C11H10N2O. The fraction of sp³-hybridized carbons (Fsp3) is 0.273. The van der Waals surface area contributed by atoms with Gasteiger partial charge in [0.25, 0.3) is 0 Å². The molecule has 0 heterocycles. The molecule has 1 aromatic carbocycles. The zero-order valence-electron chi connectivity index (χ0n) is 7.70. The first-order valence-corrected chi connectivity index (χ1v) is 4.31. The number of hydrogen-bond acceptors (Lipinski definition) is 3. The van der Waals surface area contributed by atoms with Gasteiger partial charge < -0.3 is 5.11 Å². The lowest BCUT2D eigenvalue weighted by molar-refractivity contribution is 0.281. The van der Waals surface area contributed by atoms with Crippen LogP contribution in [-0.2, 0) is 13.0 Å². The van der Waals surface area contributed by atoms with Crippen LogP contribution in [-0.4, -0.2) is 5.11 Å². The Kier molecular flexibility index (Phi) is 3.67. The predicted octanol–water partition coefficient (Wildman–Crippen LogP) is 1.51. The Balaban J connectivity index is 2.92. The molecule has 0 aliphatic carbocycles. The molecule has 0 bridgehead atoms. The van der Waals surface area contributed by atoms with E-state index in [4.69, 9.17) is 15.6 Å². The molecule has 1 aromatic rings. The molecule has 0 atom stereocenters. The third-order valence-corrected chi connectivity index (χ3v) is 1.99. The topological polar surface area (TPSA) is 67.8 Å². The molecule has 0 radical (unpaired) electrons. The fourth-order valence-electron chi connectivity index (χ4n) is 1.22. The molecule has 0 saturated carbocycles. The average molecular weight is 186 g/mol. The summed E-state index contributed by atoms with van der Waals surface area (Å²) in [5.74, 6) is 0. The Labute approximate surface area is 82.8 Å². The largest absolute Gasteiger partial charge is 0.392 e. The summed E-state index contributed by atoms with van der Waals surface area (Å²) in [5.41, 5.74) is 2.08. The minimum absolute atomic E-state index is 0.124. The highest BCUT2D eigenvalue weighted by atomic mass is 16.3. The lowest BCUT2D eigenvalue weighted by Crippen LogP contribution is -1.92. The number of rotatable bonds is 3. The Hall–Kier alpha value is -1.84. The average Bonchev–Trinajstić information content (AvgIpc) is 2.25. The van der Waals surface area contributed by atoms with Crippen LogP contribution in [0.25, 0.3) is 0 Å². The first kappa shape index (κ1) is 10.2. The molecule has 0 aliphatic rings. The van der Waals surface area contributed by atoms with Gasteiger partial charge in [-0.15, -0.1) is 0 Å². The Morgan fingerprint density at radius 2 is 2.07 bits per heavy atom. The number of nitrogens with zero attached hydrogens (tertiary/aromatic N) is 2. The highest BCUT2D eigenvalue weighted by molar-refractivity contribution is 5.40. The van der Waals surface area contributed by atoms with Crippen LogP contribution in [0.3, 0.4) is 0 Å². The van der Waals surface area contributed by atoms with Crippen LogP contribution in [0.2, 0.25) is 0 Å². The summed E-state index contributed by atoms with van der Waals surface area (Å²) in [4.78, 5) is 0. The van der Waals surface area contributed by atoms with Crippen LogP contribution >= 0.6 is 0 Å². The minimum Gasteiger partial charge on any atom is -0.392 e. The molecule has 3 nitrogen and oxygen atoms in total. The van der Waals surface area contributed by atoms with Gasteiger partial charge in [-0.2, -0.15) is 10.5 Å². The predicted molar refractivity (Wildman–Crippen MR) is 51.0 cm³/mol. The van der Waals surface area contributed by atoms with Crippen molar-refractivity contribution in [3.8, 4) is 12.1 Å². The lowest BCUT2D eigenvalue weighted by Gasteiger charge is -2.02. The van der Waals surface area contributed by atoms with Crippen LogP contribution in [0.5, 0.6) is 0 Å². The van der Waals surface area contributed by atoms with Gasteiger partial charge in [-0.1, -0.05) is 12.1 Å². The second-order valence-electron chi connectivity index (χ2n) is 2.92. The molecule has 0 spiro atoms. The summed E-state index contributed by atoms with van der Waals surface area (Å²) >= 11 is 0. The maximum atomic E-state index is 8.91. The molecule has 70 valence electrons. The first-order chi connectivity index (χ1) is 6.81. The molecule has 0 amide bonds. The van der Waals surface area contributed by atoms with Gasteiger partial charge >= 0.3 is 0 Å². The molecule has 0 aliphatic heterocycles. The summed E-state index contributed by atoms with van der Waals surface area (Å²) in [5, 5.41) is 26.1. The highest BCUT2D eigenvalue weighted by Crippen LogP contribution is 2.12. The molecular weight excluding hydrogens is 176 g/mol. The normalized spacial score (nSPS) is 9.07. The van der Waals surface area contributed by atoms with Crippen molar-refractivity contribution >= 4 is 0 Å². The SMILES string of the molecule is N#CCCc1ccc(CO)c(C#N)c1. The monoisotopic (exact) mass is 186 g/mol. The number of aliphatic hydroxyl groups excluding tert-OH is 1. The molecule has 0 fully saturated rings. The van der Waals surface area contributed by atoms with Crippen LogP contribution in [0.15, 0.2) is 18.2 Å². The summed E-state index contributed by atoms with van der Waals surface area (Å²) in [6, 6.07) is 9.36. The van der Waals surface area contributed by atoms with Crippen molar-refractivity contribution in [3.63, 3.8) is 0 Å². The number of nitriles is 2. The second-order valence-corrected chi connectivity index (χ2v) is 2.92. The molecule has 14 heavy (non-hydrogen) atoms. The van der Waals surface area contributed by atoms with E-state index in [0.717, 1.165) is 5.56 Å². The first-order valence-electron chi connectivity index (χ1n) is 4.31. The van der Waals surface area contributed by atoms with E-state index in [1.54, 1.807) is 12.1 Å². The van der Waals surface area contributed by atoms with Gasteiger partial charge in [0.05, 0.1) is 24.3 Å². The van der Waals surface area contributed by atoms with E-state index in [2.05, 4.69) is 0 Å². The molecule has 0 aromatic heterocycles. The third-order valence-electron chi connectivity index (χ3n) is 1.99. The second kappa shape index (κ2) is 5.01. The van der Waals surface area contributed by atoms with E-state index in [-0.39, 0.29) is 6.61 Å². The van der Waals surface area contributed by atoms with Crippen LogP contribution in [0.4, 0.5) is 0 Å². The lowest BCUT2D eigenvalue weighted by atomic mass is 10.0. The fourth-order valence-corrected chi connectivity index (χ4v) is 1.22. The Bertz CT molecular complexity index is 399. The van der Waals surface area contributed by atoms with Crippen molar-refractivity contribution in [2.45, 2.75) is 19.4 Å². The zero-order valence-corrected chi connectivity index (χ0v) is 7.70. The van der Waals surface area contributed by atoms with Gasteiger partial charge in [-0.25, -0.2) is 0 Å². The zero-order chi connectivity index (χ0) is 10.4. The van der Waals surface area contributed by atoms with Gasteiger partial charge in [-0.05, 0) is 23.6 Å². The van der Waals surface area contributed by atoms with E-state index in [9.17, 15) is 0 Å². The van der Waals surface area contributed by atoms with E-state index < -0.39 is 0 Å². The van der Waals surface area contributed by atoms with Gasteiger partial charge in [-0.3, -0.25) is 0 Å². The Morgan fingerprint density at radius 1 is 1.29 bits per heavy atom. The summed E-state index contributed by atoms with van der Waals surface area (Å²) in [6.07, 6.45) is 1.10. The number of hydrogen-bond donors (Lipinski definition) is 1. The van der Waals surface area contributed by atoms with Gasteiger partial charge in [0.15, 0.2) is 0 Å². The maximum absolute atomic E-state index is 8.91. The molecule has 1 N–H and O–H groups in total. The maximum Gasteiger partial charge on any atom is 0.0995 e. The number of aliphatic hydroxyl groups is 1. The molecule has 1 rings (SSSR count). The Morgan fingerprint density at radius 3 is 2.64 bits per heavy atom. The van der Waals surface area contributed by atoms with Crippen molar-refractivity contribution in [1.29, 1.82) is 10.5 Å². The van der Waals surface area contributed by atoms with Crippen LogP contribution < -0.4 is 0 Å². The van der Waals surface area contributed by atoms with Crippen molar-refractivity contribution in [3.05, 3.63) is 34.9 Å². The number of benzene rings is 1. The van der Waals surface area contributed by atoms with E-state index >= 15 is 0 Å². The van der Waals surface area contributed by atoms with Gasteiger partial charge in [0.1, 0.15) is 0 Å². The smallest absolute Gasteiger partial charge is 0.0995 e. The van der Waals surface area contributed by atoms with E-state index in [1.165, 1.54) is 0 Å². The third kappa shape index (κ3) is 2.32. The molecule has 0 saturated heterocycles. The van der Waals surface area contributed by atoms with Crippen molar-refractivity contribution < 1.29 is 5.11 Å². The van der Waals surface area contributed by atoms with Crippen LogP contribution in [0.1, 0.15) is 23.1 Å². The minimum atomic E-state index is -0.124. The molecule has 0 unspecified atom stereocenters. The van der Waals surface area contributed by atoms with E-state index in [1.807, 2.05) is 18.2 Å². The summed E-state index contributed by atoms with van der Waals surface area (Å²) in [6.45, 7) is -0.124. The van der Waals surface area contributed by atoms with Crippen molar-refractivity contribution in [2.24, 2.45) is 0 Å². The van der Waals surface area contributed by atoms with Crippen molar-refractivity contribution in [1.82, 2.24) is 0 Å². The standard InChI is InChI=1S/C11H10N2O/c12-5-1-2-9-3-4-10(8-14)11(6-9)7-13/h3-4,6,14H,1-2,8H2. The van der Waals surface area contributed by atoms with Crippen LogP contribution in [0, 0.1) is 22.7 Å². The van der Waals surface area contributed by atoms with E-state index in [0.29, 0.717) is 24.0 Å². The summed E-state index contributed by atoms with van der Waals surface area (Å²) < 4.78 is 0. The quantitative estimate of drug-likeness (QED) is 0.777. The highest BCUT2D eigenvalue weighted by Gasteiger charge is 2.01. The number of aryl methyl sites for hydroxylation is 1. The van der Waals surface area contributed by atoms with Gasteiger partial charge in [0.2, 0.25) is 0 Å². The molecule has 3 heteroatoms.